The minimum atomic E-state index is -0.599. The van der Waals surface area contributed by atoms with Crippen LogP contribution in [-0.2, 0) is 11.3 Å². The molecule has 1 aromatic carbocycles. The van der Waals surface area contributed by atoms with Gasteiger partial charge in [-0.1, -0.05) is 19.4 Å². The SMILES string of the molecule is CCCCn1cc(C(=O)OCC)c(=O)c2c(N)cccc21. The van der Waals surface area contributed by atoms with Gasteiger partial charge in [0.15, 0.2) is 0 Å². The Kier molecular flexibility index (Phi) is 4.62. The highest BCUT2D eigenvalue weighted by atomic mass is 16.5. The van der Waals surface area contributed by atoms with Gasteiger partial charge in [-0.2, -0.15) is 0 Å². The van der Waals surface area contributed by atoms with Gasteiger partial charge in [-0.3, -0.25) is 4.79 Å². The Hall–Kier alpha value is -2.30. The van der Waals surface area contributed by atoms with Crippen molar-refractivity contribution in [2.75, 3.05) is 12.3 Å². The molecule has 2 rings (SSSR count). The molecule has 5 nitrogen and oxygen atoms in total. The zero-order chi connectivity index (χ0) is 15.4. The van der Waals surface area contributed by atoms with Gasteiger partial charge in [0.25, 0.3) is 0 Å². The van der Waals surface area contributed by atoms with Crippen LogP contribution in [0.4, 0.5) is 5.69 Å². The van der Waals surface area contributed by atoms with Crippen molar-refractivity contribution >= 4 is 22.6 Å². The third-order valence-electron chi connectivity index (χ3n) is 3.39. The fourth-order valence-corrected chi connectivity index (χ4v) is 2.33. The molecule has 0 bridgehead atoms. The number of esters is 1. The molecular formula is C16H20N2O3. The second-order valence-corrected chi connectivity index (χ2v) is 4.88. The van der Waals surface area contributed by atoms with Crippen molar-refractivity contribution in [3.63, 3.8) is 0 Å². The number of aromatic nitrogens is 1. The normalized spacial score (nSPS) is 10.8. The Bertz CT molecular complexity index is 719. The second-order valence-electron chi connectivity index (χ2n) is 4.88. The van der Waals surface area contributed by atoms with Crippen molar-refractivity contribution < 1.29 is 9.53 Å². The van der Waals surface area contributed by atoms with Crippen LogP contribution in [0.25, 0.3) is 10.9 Å². The second kappa shape index (κ2) is 6.43. The Morgan fingerprint density at radius 3 is 2.76 bits per heavy atom. The maximum absolute atomic E-state index is 12.5. The molecule has 112 valence electrons. The topological polar surface area (TPSA) is 74.3 Å². The molecule has 0 radical (unpaired) electrons. The summed E-state index contributed by atoms with van der Waals surface area (Å²) in [5, 5.41) is 0.388. The predicted octanol–water partition coefficient (Wildman–Crippen LogP) is 2.56. The molecule has 0 saturated heterocycles. The zero-order valence-electron chi connectivity index (χ0n) is 12.4. The summed E-state index contributed by atoms with van der Waals surface area (Å²) in [6.45, 7) is 4.76. The van der Waals surface area contributed by atoms with Crippen molar-refractivity contribution in [2.24, 2.45) is 0 Å². The molecule has 0 spiro atoms. The van der Waals surface area contributed by atoms with Gasteiger partial charge in [0.05, 0.1) is 17.5 Å². The lowest BCUT2D eigenvalue weighted by atomic mass is 10.1. The molecule has 2 N–H and O–H groups in total. The third-order valence-corrected chi connectivity index (χ3v) is 3.39. The summed E-state index contributed by atoms with van der Waals surface area (Å²) >= 11 is 0. The van der Waals surface area contributed by atoms with Gasteiger partial charge in [0.2, 0.25) is 5.43 Å². The van der Waals surface area contributed by atoms with E-state index in [9.17, 15) is 9.59 Å². The van der Waals surface area contributed by atoms with E-state index in [1.165, 1.54) is 0 Å². The highest BCUT2D eigenvalue weighted by Gasteiger charge is 2.17. The van der Waals surface area contributed by atoms with E-state index in [4.69, 9.17) is 10.5 Å². The van der Waals surface area contributed by atoms with Crippen molar-refractivity contribution in [3.8, 4) is 0 Å². The quantitative estimate of drug-likeness (QED) is 0.677. The van der Waals surface area contributed by atoms with Crippen molar-refractivity contribution in [1.82, 2.24) is 4.57 Å². The lowest BCUT2D eigenvalue weighted by molar-refractivity contribution is 0.0524. The number of hydrogen-bond donors (Lipinski definition) is 1. The van der Waals surface area contributed by atoms with E-state index in [0.717, 1.165) is 24.9 Å². The van der Waals surface area contributed by atoms with E-state index in [0.29, 0.717) is 11.1 Å². The van der Waals surface area contributed by atoms with E-state index in [-0.39, 0.29) is 17.6 Å². The maximum Gasteiger partial charge on any atom is 0.343 e. The zero-order valence-corrected chi connectivity index (χ0v) is 12.4. The van der Waals surface area contributed by atoms with Gasteiger partial charge in [0.1, 0.15) is 5.56 Å². The molecule has 0 amide bonds. The van der Waals surface area contributed by atoms with Gasteiger partial charge in [-0.15, -0.1) is 0 Å². The number of benzene rings is 1. The molecule has 1 heterocycles. The largest absolute Gasteiger partial charge is 0.462 e. The Morgan fingerprint density at radius 2 is 2.10 bits per heavy atom. The number of rotatable bonds is 5. The smallest absolute Gasteiger partial charge is 0.343 e. The standard InChI is InChI=1S/C16H20N2O3/c1-3-5-9-18-10-11(16(20)21-4-2)15(19)14-12(17)7-6-8-13(14)18/h6-8,10H,3-5,9,17H2,1-2H3. The summed E-state index contributed by atoms with van der Waals surface area (Å²) in [5.74, 6) is -0.599. The molecule has 0 aliphatic heterocycles. The fourth-order valence-electron chi connectivity index (χ4n) is 2.33. The number of nitrogen functional groups attached to an aromatic ring is 1. The first-order valence-corrected chi connectivity index (χ1v) is 7.18. The minimum absolute atomic E-state index is 0.0401. The summed E-state index contributed by atoms with van der Waals surface area (Å²) in [6.07, 6.45) is 3.55. The number of hydrogen-bond acceptors (Lipinski definition) is 4. The summed E-state index contributed by atoms with van der Waals surface area (Å²) in [7, 11) is 0. The number of aryl methyl sites for hydroxylation is 1. The van der Waals surface area contributed by atoms with Crippen LogP contribution >= 0.6 is 0 Å². The van der Waals surface area contributed by atoms with Crippen LogP contribution in [0.1, 0.15) is 37.0 Å². The van der Waals surface area contributed by atoms with E-state index in [1.807, 2.05) is 16.7 Å². The average Bonchev–Trinajstić information content (AvgIpc) is 2.46. The highest BCUT2D eigenvalue weighted by Crippen LogP contribution is 2.19. The molecule has 0 atom stereocenters. The molecule has 2 aromatic rings. The number of anilines is 1. The Morgan fingerprint density at radius 1 is 1.33 bits per heavy atom. The summed E-state index contributed by atoms with van der Waals surface area (Å²) < 4.78 is 6.87. The molecule has 0 aliphatic rings. The number of ether oxygens (including phenoxy) is 1. The van der Waals surface area contributed by atoms with Gasteiger partial charge in [-0.25, -0.2) is 4.79 Å². The van der Waals surface area contributed by atoms with Gasteiger partial charge >= 0.3 is 5.97 Å². The summed E-state index contributed by atoms with van der Waals surface area (Å²) in [4.78, 5) is 24.5. The Labute approximate surface area is 123 Å². The first-order chi connectivity index (χ1) is 10.1. The molecule has 0 unspecified atom stereocenters. The molecule has 0 saturated carbocycles. The number of carbonyl (C=O) groups excluding carboxylic acids is 1. The molecule has 21 heavy (non-hydrogen) atoms. The molecule has 5 heteroatoms. The lowest BCUT2D eigenvalue weighted by Gasteiger charge is -2.13. The molecule has 0 fully saturated rings. The van der Waals surface area contributed by atoms with Crippen LogP contribution in [0.15, 0.2) is 29.2 Å². The highest BCUT2D eigenvalue weighted by molar-refractivity contribution is 5.97. The Balaban J connectivity index is 2.71. The van der Waals surface area contributed by atoms with Crippen molar-refractivity contribution in [3.05, 3.63) is 40.2 Å². The van der Waals surface area contributed by atoms with Crippen LogP contribution in [0.3, 0.4) is 0 Å². The molecule has 1 aromatic heterocycles. The van der Waals surface area contributed by atoms with Crippen molar-refractivity contribution in [2.45, 2.75) is 33.2 Å². The average molecular weight is 288 g/mol. The van der Waals surface area contributed by atoms with E-state index in [1.54, 1.807) is 19.2 Å². The third kappa shape index (κ3) is 2.91. The van der Waals surface area contributed by atoms with Gasteiger partial charge < -0.3 is 15.0 Å². The molecular weight excluding hydrogens is 268 g/mol. The van der Waals surface area contributed by atoms with Crippen LogP contribution in [-0.4, -0.2) is 17.1 Å². The number of nitrogens with zero attached hydrogens (tertiary/aromatic N) is 1. The molecule has 0 aliphatic carbocycles. The first-order valence-electron chi connectivity index (χ1n) is 7.18. The van der Waals surface area contributed by atoms with Gasteiger partial charge in [-0.05, 0) is 25.5 Å². The van der Waals surface area contributed by atoms with Gasteiger partial charge in [0, 0.05) is 18.4 Å². The van der Waals surface area contributed by atoms with Crippen molar-refractivity contribution in [1.29, 1.82) is 0 Å². The van der Waals surface area contributed by atoms with Crippen LogP contribution < -0.4 is 11.2 Å². The number of fused-ring (bicyclic) bond motifs is 1. The summed E-state index contributed by atoms with van der Waals surface area (Å²) in [6, 6.07) is 5.32. The van der Waals surface area contributed by atoms with E-state index >= 15 is 0 Å². The number of nitrogens with two attached hydrogens (primary N) is 1. The maximum atomic E-state index is 12.5. The number of carbonyl (C=O) groups is 1. The van der Waals surface area contributed by atoms with Crippen LogP contribution in [0.5, 0.6) is 0 Å². The van der Waals surface area contributed by atoms with Crippen LogP contribution in [0.2, 0.25) is 0 Å². The predicted molar refractivity (Wildman–Crippen MR) is 83.5 cm³/mol. The summed E-state index contributed by atoms with van der Waals surface area (Å²) in [5.41, 5.74) is 6.74. The van der Waals surface area contributed by atoms with E-state index in [2.05, 4.69) is 6.92 Å². The number of unbranched alkanes of at least 4 members (excludes halogenated alkanes) is 1. The monoisotopic (exact) mass is 288 g/mol. The first kappa shape index (κ1) is 15.1. The van der Waals surface area contributed by atoms with Crippen LogP contribution in [0, 0.1) is 0 Å². The number of pyridine rings is 1. The van der Waals surface area contributed by atoms with E-state index < -0.39 is 5.97 Å². The fraction of sp³-hybridized carbons (Fsp3) is 0.375. The lowest BCUT2D eigenvalue weighted by Crippen LogP contribution is -2.21. The minimum Gasteiger partial charge on any atom is -0.462 e.